The maximum absolute atomic E-state index is 14.1. The van der Waals surface area contributed by atoms with Gasteiger partial charge in [-0.3, -0.25) is 9.59 Å². The third-order valence-corrected chi connectivity index (χ3v) is 7.26. The summed E-state index contributed by atoms with van der Waals surface area (Å²) >= 11 is 0. The summed E-state index contributed by atoms with van der Waals surface area (Å²) in [5, 5.41) is 6.84. The first-order valence-electron chi connectivity index (χ1n) is 8.63. The molecular weight excluding hydrogens is 388 g/mol. The molecule has 3 rings (SSSR count). The first-order chi connectivity index (χ1) is 13.3. The summed E-state index contributed by atoms with van der Waals surface area (Å²) in [5.41, 5.74) is 0.0820. The third kappa shape index (κ3) is 3.90. The van der Waals surface area contributed by atoms with Crippen molar-refractivity contribution in [2.75, 3.05) is 27.7 Å². The molecule has 1 aromatic carbocycles. The highest BCUT2D eigenvalue weighted by molar-refractivity contribution is 8.30. The lowest BCUT2D eigenvalue weighted by Gasteiger charge is -2.24. The minimum absolute atomic E-state index is 0.114. The number of ketones is 1. The largest absolute Gasteiger partial charge is 0.480 e. The average Bonchev–Trinajstić information content (AvgIpc) is 2.88. The zero-order valence-electron chi connectivity index (χ0n) is 15.7. The zero-order chi connectivity index (χ0) is 20.4. The summed E-state index contributed by atoms with van der Waals surface area (Å²) in [6, 6.07) is 6.64. The SMILES string of the molecule is COc1ccc(C2C(=O)C(CN(C)C)[SH](Cc3c(F)cccc3F)C2=O)nn1. The summed E-state index contributed by atoms with van der Waals surface area (Å²) in [6.45, 7) is 0.326. The van der Waals surface area contributed by atoms with E-state index >= 15 is 0 Å². The van der Waals surface area contributed by atoms with Crippen molar-refractivity contribution in [1.82, 2.24) is 15.1 Å². The number of rotatable bonds is 6. The Hall–Kier alpha value is -2.39. The average molecular weight is 409 g/mol. The van der Waals surface area contributed by atoms with Crippen molar-refractivity contribution in [3.05, 3.63) is 53.2 Å². The minimum Gasteiger partial charge on any atom is -0.480 e. The van der Waals surface area contributed by atoms with Gasteiger partial charge >= 0.3 is 0 Å². The number of ether oxygens (including phenoxy) is 1. The number of thiol groups is 1. The van der Waals surface area contributed by atoms with Crippen molar-refractivity contribution < 1.29 is 23.1 Å². The molecule has 1 fully saturated rings. The molecule has 9 heteroatoms. The van der Waals surface area contributed by atoms with Crippen LogP contribution in [0.15, 0.2) is 30.3 Å². The molecule has 150 valence electrons. The molecule has 0 bridgehead atoms. The quantitative estimate of drug-likeness (QED) is 0.582. The molecule has 0 spiro atoms. The smallest absolute Gasteiger partial charge is 0.233 e. The second-order valence-corrected chi connectivity index (χ2v) is 9.10. The lowest BCUT2D eigenvalue weighted by Crippen LogP contribution is -2.31. The molecular formula is C19H21F2N3O3S. The number of hydrogen-bond acceptors (Lipinski definition) is 6. The first kappa shape index (κ1) is 20.3. The van der Waals surface area contributed by atoms with Crippen molar-refractivity contribution in [2.45, 2.75) is 16.9 Å². The van der Waals surface area contributed by atoms with E-state index in [0.29, 0.717) is 6.54 Å². The van der Waals surface area contributed by atoms with Crippen LogP contribution >= 0.6 is 10.9 Å². The van der Waals surface area contributed by atoms with E-state index in [1.807, 2.05) is 0 Å². The summed E-state index contributed by atoms with van der Waals surface area (Å²) in [5.74, 6) is -2.61. The number of aromatic nitrogens is 2. The zero-order valence-corrected chi connectivity index (χ0v) is 16.6. The van der Waals surface area contributed by atoms with E-state index < -0.39 is 33.7 Å². The van der Waals surface area contributed by atoms with Gasteiger partial charge in [-0.25, -0.2) is 8.78 Å². The number of nitrogens with zero attached hydrogens (tertiary/aromatic N) is 3. The van der Waals surface area contributed by atoms with Gasteiger partial charge in [0.15, 0.2) is 10.9 Å². The molecule has 1 saturated heterocycles. The first-order valence-corrected chi connectivity index (χ1v) is 10.2. The molecule has 2 aromatic rings. The van der Waals surface area contributed by atoms with E-state index in [2.05, 4.69) is 10.2 Å². The highest BCUT2D eigenvalue weighted by Crippen LogP contribution is 2.50. The molecule has 0 aliphatic carbocycles. The fourth-order valence-corrected chi connectivity index (χ4v) is 6.13. The normalized spacial score (nSPS) is 23.4. The molecule has 1 aliphatic rings. The van der Waals surface area contributed by atoms with E-state index in [-0.39, 0.29) is 33.8 Å². The van der Waals surface area contributed by atoms with Gasteiger partial charge in [0.1, 0.15) is 17.6 Å². The van der Waals surface area contributed by atoms with Gasteiger partial charge in [-0.1, -0.05) is 6.07 Å². The van der Waals surface area contributed by atoms with Crippen LogP contribution in [-0.4, -0.2) is 59.0 Å². The fraction of sp³-hybridized carbons (Fsp3) is 0.368. The molecule has 3 atom stereocenters. The highest BCUT2D eigenvalue weighted by Gasteiger charge is 2.49. The van der Waals surface area contributed by atoms with E-state index in [1.165, 1.54) is 25.3 Å². The maximum Gasteiger partial charge on any atom is 0.233 e. The summed E-state index contributed by atoms with van der Waals surface area (Å²) < 4.78 is 33.3. The predicted octanol–water partition coefficient (Wildman–Crippen LogP) is 2.09. The van der Waals surface area contributed by atoms with Crippen LogP contribution in [0.3, 0.4) is 0 Å². The molecule has 3 unspecified atom stereocenters. The van der Waals surface area contributed by atoms with Gasteiger partial charge in [0.05, 0.1) is 18.1 Å². The number of carbonyl (C=O) groups excluding carboxylic acids is 2. The molecule has 28 heavy (non-hydrogen) atoms. The number of methoxy groups -OCH3 is 1. The Morgan fingerprint density at radius 1 is 1.11 bits per heavy atom. The minimum atomic E-state index is -1.63. The lowest BCUT2D eigenvalue weighted by molar-refractivity contribution is -0.123. The Labute approximate surface area is 164 Å². The molecule has 0 radical (unpaired) electrons. The number of carbonyl (C=O) groups is 2. The van der Waals surface area contributed by atoms with Crippen LogP contribution in [-0.2, 0) is 15.3 Å². The molecule has 2 heterocycles. The van der Waals surface area contributed by atoms with Crippen LogP contribution < -0.4 is 4.74 Å². The van der Waals surface area contributed by atoms with Crippen LogP contribution in [0.25, 0.3) is 0 Å². The maximum atomic E-state index is 14.1. The summed E-state index contributed by atoms with van der Waals surface area (Å²) in [6.07, 6.45) is 0. The number of halogens is 2. The van der Waals surface area contributed by atoms with Gasteiger partial charge in [0.25, 0.3) is 0 Å². The molecule has 0 amide bonds. The monoisotopic (exact) mass is 409 g/mol. The lowest BCUT2D eigenvalue weighted by atomic mass is 9.99. The van der Waals surface area contributed by atoms with Crippen molar-refractivity contribution in [3.63, 3.8) is 0 Å². The van der Waals surface area contributed by atoms with Gasteiger partial charge in [0.2, 0.25) is 5.88 Å². The third-order valence-electron chi connectivity index (χ3n) is 4.61. The highest BCUT2D eigenvalue weighted by atomic mass is 32.2. The molecule has 6 nitrogen and oxygen atoms in total. The fourth-order valence-electron chi connectivity index (χ4n) is 3.23. The topological polar surface area (TPSA) is 72.4 Å². The van der Waals surface area contributed by atoms with Crippen LogP contribution in [0.5, 0.6) is 5.88 Å². The Balaban J connectivity index is 1.97. The van der Waals surface area contributed by atoms with Crippen LogP contribution in [0.2, 0.25) is 0 Å². The van der Waals surface area contributed by atoms with Crippen molar-refractivity contribution in [3.8, 4) is 5.88 Å². The Bertz CT molecular complexity index is 872. The van der Waals surface area contributed by atoms with Crippen molar-refractivity contribution >= 4 is 21.8 Å². The van der Waals surface area contributed by atoms with E-state index in [1.54, 1.807) is 19.0 Å². The summed E-state index contributed by atoms with van der Waals surface area (Å²) in [7, 11) is 3.38. The second-order valence-electron chi connectivity index (χ2n) is 6.78. The molecule has 1 aromatic heterocycles. The Kier molecular flexibility index (Phi) is 6.04. The van der Waals surface area contributed by atoms with Gasteiger partial charge in [-0.15, -0.1) is 5.10 Å². The van der Waals surface area contributed by atoms with Crippen molar-refractivity contribution in [2.24, 2.45) is 0 Å². The molecule has 0 saturated carbocycles. The van der Waals surface area contributed by atoms with Crippen LogP contribution in [0.1, 0.15) is 17.2 Å². The standard InChI is InChI=1S/C19H21F2N3O3S/c1-24(2)9-15-18(25)17(14-7-8-16(27-3)23-22-14)19(26)28(15)10-11-12(20)5-4-6-13(11)21/h4-8,15,17,28H,9-10H2,1-3H3. The van der Waals surface area contributed by atoms with Crippen LogP contribution in [0, 0.1) is 11.6 Å². The van der Waals surface area contributed by atoms with Gasteiger partial charge in [-0.05, 0) is 32.3 Å². The Morgan fingerprint density at radius 3 is 2.32 bits per heavy atom. The van der Waals surface area contributed by atoms with E-state index in [0.717, 1.165) is 12.1 Å². The number of hydrogen-bond donors (Lipinski definition) is 1. The van der Waals surface area contributed by atoms with E-state index in [9.17, 15) is 18.4 Å². The Morgan fingerprint density at radius 2 is 1.79 bits per heavy atom. The second kappa shape index (κ2) is 8.32. The molecule has 1 aliphatic heterocycles. The van der Waals surface area contributed by atoms with E-state index in [4.69, 9.17) is 4.74 Å². The van der Waals surface area contributed by atoms with Crippen LogP contribution in [0.4, 0.5) is 8.78 Å². The summed E-state index contributed by atoms with van der Waals surface area (Å²) in [4.78, 5) is 28.0. The van der Waals surface area contributed by atoms with Gasteiger partial charge in [0, 0.05) is 23.9 Å². The van der Waals surface area contributed by atoms with Crippen molar-refractivity contribution in [1.29, 1.82) is 0 Å². The number of Topliss-reactive ketones (excluding diaryl/α,β-unsaturated/α-hetero) is 1. The predicted molar refractivity (Wildman–Crippen MR) is 103 cm³/mol. The molecule has 0 N–H and O–H groups in total. The van der Waals surface area contributed by atoms with Gasteiger partial charge in [-0.2, -0.15) is 16.0 Å². The van der Waals surface area contributed by atoms with Gasteiger partial charge < -0.3 is 9.64 Å². The number of benzene rings is 1.